The van der Waals surface area contributed by atoms with Crippen LogP contribution in [0.4, 0.5) is 22.0 Å². The van der Waals surface area contributed by atoms with E-state index < -0.39 is 34.3 Å². The van der Waals surface area contributed by atoms with Crippen molar-refractivity contribution >= 4 is 20.7 Å². The van der Waals surface area contributed by atoms with E-state index in [9.17, 15) is 26.2 Å². The molecule has 0 aliphatic carbocycles. The summed E-state index contributed by atoms with van der Waals surface area (Å²) in [6.07, 6.45) is -7.14. The lowest BCUT2D eigenvalue weighted by molar-refractivity contribution is -0.282. The first-order chi connectivity index (χ1) is 5.17. The Morgan fingerprint density at radius 2 is 1.58 bits per heavy atom. The molecule has 0 aromatic heterocycles. The number of hydrogen-bond donors (Lipinski definition) is 0. The van der Waals surface area contributed by atoms with Gasteiger partial charge in [0.05, 0.1) is 0 Å². The molecule has 0 aromatic rings. The molecule has 0 saturated heterocycles. The quantitative estimate of drug-likeness (QED) is 0.538. The van der Waals surface area contributed by atoms with E-state index in [2.05, 4.69) is 0 Å². The lowest BCUT2D eigenvalue weighted by Gasteiger charge is -2.18. The van der Waals surface area contributed by atoms with Crippen molar-refractivity contribution in [2.24, 2.45) is 0 Å². The summed E-state index contributed by atoms with van der Waals surface area (Å²) >= 11 is 0. The third-order valence-electron chi connectivity index (χ3n) is 0.991. The minimum Gasteiger partial charge on any atom is -0.243 e. The Morgan fingerprint density at radius 1 is 1.17 bits per heavy atom. The standard InChI is InChI=1S/C4H4ClF5OS/c5-12(11)2-1-3(6,7)4(8,9)10/h1-2H2. The Morgan fingerprint density at radius 3 is 1.83 bits per heavy atom. The Labute approximate surface area is 71.8 Å². The molecule has 0 aromatic carbocycles. The van der Waals surface area contributed by atoms with Gasteiger partial charge in [0.2, 0.25) is 0 Å². The molecule has 1 atom stereocenters. The maximum atomic E-state index is 12.0. The molecule has 0 rings (SSSR count). The molecule has 0 spiro atoms. The van der Waals surface area contributed by atoms with Crippen molar-refractivity contribution in [2.75, 3.05) is 5.75 Å². The SMILES string of the molecule is O=S(Cl)CCC(F)(F)C(F)(F)F. The number of alkyl halides is 5. The molecule has 0 amide bonds. The van der Waals surface area contributed by atoms with Crippen LogP contribution in [0, 0.1) is 0 Å². The summed E-state index contributed by atoms with van der Waals surface area (Å²) in [7, 11) is 2.55. The van der Waals surface area contributed by atoms with Crippen LogP contribution >= 0.6 is 10.7 Å². The van der Waals surface area contributed by atoms with Gasteiger partial charge in [0, 0.05) is 12.2 Å². The predicted molar refractivity (Wildman–Crippen MR) is 34.5 cm³/mol. The van der Waals surface area contributed by atoms with Crippen LogP contribution in [0.3, 0.4) is 0 Å². The highest BCUT2D eigenvalue weighted by atomic mass is 35.7. The van der Waals surface area contributed by atoms with Crippen molar-refractivity contribution in [1.29, 1.82) is 0 Å². The number of hydrogen-bond acceptors (Lipinski definition) is 1. The lowest BCUT2D eigenvalue weighted by atomic mass is 10.2. The summed E-state index contributed by atoms with van der Waals surface area (Å²) in [5.41, 5.74) is 0. The Kier molecular flexibility index (Phi) is 3.89. The summed E-state index contributed by atoms with van der Waals surface area (Å²) < 4.78 is 68.1. The maximum absolute atomic E-state index is 12.0. The molecule has 0 saturated carbocycles. The fourth-order valence-corrected chi connectivity index (χ4v) is 0.998. The Hall–Kier alpha value is 0.0900. The largest absolute Gasteiger partial charge is 0.453 e. The zero-order valence-electron chi connectivity index (χ0n) is 5.50. The summed E-state index contributed by atoms with van der Waals surface area (Å²) in [6.45, 7) is 0. The third kappa shape index (κ3) is 3.66. The Balaban J connectivity index is 4.14. The van der Waals surface area contributed by atoms with Crippen LogP contribution in [-0.2, 0) is 10.0 Å². The zero-order chi connectivity index (χ0) is 9.99. The highest BCUT2D eigenvalue weighted by Crippen LogP contribution is 2.38. The van der Waals surface area contributed by atoms with Crippen LogP contribution in [-0.4, -0.2) is 22.1 Å². The lowest BCUT2D eigenvalue weighted by Crippen LogP contribution is -2.37. The molecule has 0 radical (unpaired) electrons. The second-order valence-corrected chi connectivity index (χ2v) is 3.97. The molecule has 1 nitrogen and oxygen atoms in total. The fraction of sp³-hybridized carbons (Fsp3) is 1.00. The summed E-state index contributed by atoms with van der Waals surface area (Å²) in [5, 5.41) is 0. The first kappa shape index (κ1) is 12.1. The molecule has 74 valence electrons. The van der Waals surface area contributed by atoms with Crippen molar-refractivity contribution in [2.45, 2.75) is 18.5 Å². The summed E-state index contributed by atoms with van der Waals surface area (Å²) in [6, 6.07) is 0. The molecule has 12 heavy (non-hydrogen) atoms. The molecule has 8 heteroatoms. The summed E-state index contributed by atoms with van der Waals surface area (Å²) in [5.74, 6) is -5.69. The number of halogens is 6. The van der Waals surface area contributed by atoms with Crippen LogP contribution < -0.4 is 0 Å². The zero-order valence-corrected chi connectivity index (χ0v) is 7.07. The first-order valence-corrected chi connectivity index (χ1v) is 4.80. The van der Waals surface area contributed by atoms with E-state index in [4.69, 9.17) is 10.7 Å². The smallest absolute Gasteiger partial charge is 0.243 e. The van der Waals surface area contributed by atoms with E-state index in [0.717, 1.165) is 0 Å². The van der Waals surface area contributed by atoms with Gasteiger partial charge in [-0.2, -0.15) is 22.0 Å². The van der Waals surface area contributed by atoms with Crippen molar-refractivity contribution < 1.29 is 26.2 Å². The second kappa shape index (κ2) is 3.87. The van der Waals surface area contributed by atoms with E-state index in [1.807, 2.05) is 0 Å². The van der Waals surface area contributed by atoms with Crippen LogP contribution in [0.25, 0.3) is 0 Å². The van der Waals surface area contributed by atoms with Gasteiger partial charge in [-0.15, -0.1) is 0 Å². The van der Waals surface area contributed by atoms with Gasteiger partial charge in [-0.25, -0.2) is 4.21 Å². The normalized spacial score (nSPS) is 16.2. The summed E-state index contributed by atoms with van der Waals surface area (Å²) in [4.78, 5) is 0. The highest BCUT2D eigenvalue weighted by Gasteiger charge is 2.56. The van der Waals surface area contributed by atoms with Gasteiger partial charge in [-0.3, -0.25) is 0 Å². The van der Waals surface area contributed by atoms with Gasteiger partial charge < -0.3 is 0 Å². The van der Waals surface area contributed by atoms with Gasteiger partial charge >= 0.3 is 12.1 Å². The topological polar surface area (TPSA) is 17.1 Å². The first-order valence-electron chi connectivity index (χ1n) is 2.66. The average Bonchev–Trinajstić information content (AvgIpc) is 1.81. The second-order valence-electron chi connectivity index (χ2n) is 1.95. The van der Waals surface area contributed by atoms with Crippen LogP contribution in [0.5, 0.6) is 0 Å². The van der Waals surface area contributed by atoms with Crippen LogP contribution in [0.15, 0.2) is 0 Å². The van der Waals surface area contributed by atoms with Gasteiger partial charge in [-0.1, -0.05) is 0 Å². The number of rotatable bonds is 3. The van der Waals surface area contributed by atoms with E-state index in [1.165, 1.54) is 0 Å². The van der Waals surface area contributed by atoms with E-state index in [1.54, 1.807) is 0 Å². The van der Waals surface area contributed by atoms with Crippen LogP contribution in [0.1, 0.15) is 6.42 Å². The third-order valence-corrected chi connectivity index (χ3v) is 1.98. The predicted octanol–water partition coefficient (Wildman–Crippen LogP) is 2.48. The van der Waals surface area contributed by atoms with Crippen LogP contribution in [0.2, 0.25) is 0 Å². The maximum Gasteiger partial charge on any atom is 0.453 e. The van der Waals surface area contributed by atoms with Crippen molar-refractivity contribution in [1.82, 2.24) is 0 Å². The molecule has 1 unspecified atom stereocenters. The molecule has 0 aliphatic rings. The molecule has 0 aliphatic heterocycles. The van der Waals surface area contributed by atoms with E-state index >= 15 is 0 Å². The van der Waals surface area contributed by atoms with Crippen molar-refractivity contribution in [3.05, 3.63) is 0 Å². The van der Waals surface area contributed by atoms with Gasteiger partial charge in [0.15, 0.2) is 0 Å². The molecule has 0 fully saturated rings. The Bertz CT molecular complexity index is 179. The molecule has 0 heterocycles. The monoisotopic (exact) mass is 230 g/mol. The molecule has 0 N–H and O–H groups in total. The van der Waals surface area contributed by atoms with Gasteiger partial charge in [0.1, 0.15) is 10.0 Å². The highest BCUT2D eigenvalue weighted by molar-refractivity contribution is 8.08. The van der Waals surface area contributed by atoms with Gasteiger partial charge in [-0.05, 0) is 10.7 Å². The van der Waals surface area contributed by atoms with Crippen molar-refractivity contribution in [3.8, 4) is 0 Å². The molecule has 0 bridgehead atoms. The average molecular weight is 231 g/mol. The van der Waals surface area contributed by atoms with E-state index in [0.29, 0.717) is 0 Å². The van der Waals surface area contributed by atoms with E-state index in [-0.39, 0.29) is 0 Å². The molecular weight excluding hydrogens is 227 g/mol. The minimum atomic E-state index is -5.59. The molecular formula is C4H4ClF5OS. The fourth-order valence-electron chi connectivity index (χ4n) is 0.350. The van der Waals surface area contributed by atoms with Gasteiger partial charge in [0.25, 0.3) is 0 Å². The van der Waals surface area contributed by atoms with Crippen molar-refractivity contribution in [3.63, 3.8) is 0 Å². The minimum absolute atomic E-state index is 0.881.